The molecule has 3 heterocycles. The van der Waals surface area contributed by atoms with Crippen molar-refractivity contribution in [2.75, 3.05) is 13.1 Å². The maximum absolute atomic E-state index is 4.57. The second-order valence-electron chi connectivity index (χ2n) is 6.04. The van der Waals surface area contributed by atoms with Gasteiger partial charge in [0.05, 0.1) is 11.9 Å². The molecule has 0 radical (unpaired) electrons. The van der Waals surface area contributed by atoms with Gasteiger partial charge < -0.3 is 9.88 Å². The Labute approximate surface area is 136 Å². The van der Waals surface area contributed by atoms with E-state index >= 15 is 0 Å². The molecule has 3 aromatic rings. The third-order valence-electron chi connectivity index (χ3n) is 4.47. The van der Waals surface area contributed by atoms with Crippen molar-refractivity contribution in [3.63, 3.8) is 0 Å². The van der Waals surface area contributed by atoms with Gasteiger partial charge in [0.15, 0.2) is 0 Å². The van der Waals surface area contributed by atoms with E-state index in [0.717, 1.165) is 31.0 Å². The second kappa shape index (κ2) is 6.38. The summed E-state index contributed by atoms with van der Waals surface area (Å²) in [6.45, 7) is 2.18. The van der Waals surface area contributed by atoms with E-state index in [0.29, 0.717) is 6.04 Å². The van der Waals surface area contributed by atoms with Crippen LogP contribution >= 0.6 is 0 Å². The van der Waals surface area contributed by atoms with Crippen LogP contribution in [0.1, 0.15) is 30.3 Å². The molecule has 118 valence electrons. The molecule has 1 fully saturated rings. The number of imidazole rings is 1. The van der Waals surface area contributed by atoms with Gasteiger partial charge >= 0.3 is 0 Å². The van der Waals surface area contributed by atoms with Gasteiger partial charge in [-0.25, -0.2) is 9.67 Å². The first-order chi connectivity index (χ1) is 11.4. The molecule has 5 heteroatoms. The van der Waals surface area contributed by atoms with Crippen molar-refractivity contribution >= 4 is 0 Å². The lowest BCUT2D eigenvalue weighted by Gasteiger charge is -2.25. The lowest BCUT2D eigenvalue weighted by molar-refractivity contribution is 0.361. The van der Waals surface area contributed by atoms with Crippen molar-refractivity contribution in [1.29, 1.82) is 0 Å². The zero-order valence-electron chi connectivity index (χ0n) is 13.1. The highest BCUT2D eigenvalue weighted by atomic mass is 15.3. The van der Waals surface area contributed by atoms with Crippen LogP contribution in [-0.2, 0) is 6.42 Å². The minimum Gasteiger partial charge on any atom is -0.332 e. The monoisotopic (exact) mass is 307 g/mol. The largest absolute Gasteiger partial charge is 0.332 e. The number of aromatic nitrogens is 4. The molecule has 0 unspecified atom stereocenters. The molecule has 0 atom stereocenters. The Balaban J connectivity index is 1.53. The Bertz CT molecular complexity index is 753. The summed E-state index contributed by atoms with van der Waals surface area (Å²) in [6.07, 6.45) is 11.2. The first-order valence-corrected chi connectivity index (χ1v) is 8.21. The van der Waals surface area contributed by atoms with Gasteiger partial charge in [0.1, 0.15) is 5.82 Å². The average Bonchev–Trinajstić information content (AvgIpc) is 3.26. The molecule has 0 amide bonds. The normalized spacial score (nSPS) is 15.8. The Hall–Kier alpha value is -2.40. The minimum absolute atomic E-state index is 0.568. The van der Waals surface area contributed by atoms with Crippen molar-refractivity contribution in [2.24, 2.45) is 0 Å². The second-order valence-corrected chi connectivity index (χ2v) is 6.04. The van der Waals surface area contributed by atoms with Gasteiger partial charge in [0.25, 0.3) is 0 Å². The standard InChI is InChI=1S/C18H21N5/c1-2-4-17(5-3-1)23-14-15(13-21-23)12-18-20-10-11-22(18)16-6-8-19-9-7-16/h1-5,10-11,13-14,16,19H,6-9,12H2. The molecule has 0 aliphatic carbocycles. The molecule has 23 heavy (non-hydrogen) atoms. The van der Waals surface area contributed by atoms with Crippen LogP contribution < -0.4 is 5.32 Å². The van der Waals surface area contributed by atoms with Crippen molar-refractivity contribution in [2.45, 2.75) is 25.3 Å². The maximum atomic E-state index is 4.57. The van der Waals surface area contributed by atoms with Crippen LogP contribution in [0, 0.1) is 0 Å². The Morgan fingerprint density at radius 3 is 2.78 bits per heavy atom. The average molecular weight is 307 g/mol. The van der Waals surface area contributed by atoms with Crippen LogP contribution in [0.25, 0.3) is 5.69 Å². The van der Waals surface area contributed by atoms with E-state index < -0.39 is 0 Å². The summed E-state index contributed by atoms with van der Waals surface area (Å²) in [4.78, 5) is 4.57. The number of hydrogen-bond acceptors (Lipinski definition) is 3. The smallest absolute Gasteiger partial charge is 0.113 e. The van der Waals surface area contributed by atoms with Crippen molar-refractivity contribution in [3.8, 4) is 5.69 Å². The van der Waals surface area contributed by atoms with Crippen LogP contribution in [0.4, 0.5) is 0 Å². The molecule has 0 spiro atoms. The molecular formula is C18H21N5. The van der Waals surface area contributed by atoms with Gasteiger partial charge in [-0.15, -0.1) is 0 Å². The zero-order chi connectivity index (χ0) is 15.5. The molecule has 5 nitrogen and oxygen atoms in total. The topological polar surface area (TPSA) is 47.7 Å². The van der Waals surface area contributed by atoms with Crippen LogP contribution in [0.15, 0.2) is 55.1 Å². The zero-order valence-corrected chi connectivity index (χ0v) is 13.1. The van der Waals surface area contributed by atoms with Crippen LogP contribution in [-0.4, -0.2) is 32.4 Å². The van der Waals surface area contributed by atoms with E-state index in [1.165, 1.54) is 18.4 Å². The number of hydrogen-bond donors (Lipinski definition) is 1. The molecule has 1 aromatic carbocycles. The number of benzene rings is 1. The van der Waals surface area contributed by atoms with E-state index in [-0.39, 0.29) is 0 Å². The highest BCUT2D eigenvalue weighted by molar-refractivity contribution is 5.31. The summed E-state index contributed by atoms with van der Waals surface area (Å²) in [5.74, 6) is 1.13. The summed E-state index contributed by atoms with van der Waals surface area (Å²) in [7, 11) is 0. The molecule has 1 aliphatic rings. The van der Waals surface area contributed by atoms with Crippen molar-refractivity contribution < 1.29 is 0 Å². The van der Waals surface area contributed by atoms with E-state index in [4.69, 9.17) is 0 Å². The predicted octanol–water partition coefficient (Wildman–Crippen LogP) is 2.58. The molecule has 0 saturated carbocycles. The summed E-state index contributed by atoms with van der Waals surface area (Å²) in [5, 5.41) is 7.90. The van der Waals surface area contributed by atoms with Gasteiger partial charge in [0, 0.05) is 31.1 Å². The summed E-state index contributed by atoms with van der Waals surface area (Å²) < 4.78 is 4.27. The van der Waals surface area contributed by atoms with Gasteiger partial charge in [0.2, 0.25) is 0 Å². The third kappa shape index (κ3) is 3.05. The quantitative estimate of drug-likeness (QED) is 0.806. The molecule has 0 bridgehead atoms. The van der Waals surface area contributed by atoms with E-state index in [2.05, 4.69) is 44.5 Å². The van der Waals surface area contributed by atoms with Gasteiger partial charge in [-0.3, -0.25) is 0 Å². The summed E-state index contributed by atoms with van der Waals surface area (Å²) in [5.41, 5.74) is 2.27. The minimum atomic E-state index is 0.568. The lowest BCUT2D eigenvalue weighted by atomic mass is 10.1. The number of nitrogens with one attached hydrogen (secondary N) is 1. The molecular weight excluding hydrogens is 286 g/mol. The van der Waals surface area contributed by atoms with E-state index in [1.54, 1.807) is 0 Å². The molecule has 1 aliphatic heterocycles. The summed E-state index contributed by atoms with van der Waals surface area (Å²) in [6, 6.07) is 10.8. The number of nitrogens with zero attached hydrogens (tertiary/aromatic N) is 4. The van der Waals surface area contributed by atoms with Crippen molar-refractivity contribution in [1.82, 2.24) is 24.6 Å². The van der Waals surface area contributed by atoms with Crippen LogP contribution in [0.5, 0.6) is 0 Å². The lowest BCUT2D eigenvalue weighted by Crippen LogP contribution is -2.29. The Morgan fingerprint density at radius 2 is 1.96 bits per heavy atom. The summed E-state index contributed by atoms with van der Waals surface area (Å²) >= 11 is 0. The SMILES string of the molecule is c1ccc(-n2cc(Cc3nccn3C3CCNCC3)cn2)cc1. The van der Waals surface area contributed by atoms with Gasteiger partial charge in [-0.05, 0) is 43.6 Å². The highest BCUT2D eigenvalue weighted by Crippen LogP contribution is 2.21. The predicted molar refractivity (Wildman–Crippen MR) is 89.7 cm³/mol. The first kappa shape index (κ1) is 14.2. The molecule has 2 aromatic heterocycles. The van der Waals surface area contributed by atoms with Gasteiger partial charge in [-0.1, -0.05) is 18.2 Å². The van der Waals surface area contributed by atoms with Crippen LogP contribution in [0.3, 0.4) is 0 Å². The fourth-order valence-corrected chi connectivity index (χ4v) is 3.25. The van der Waals surface area contributed by atoms with Gasteiger partial charge in [-0.2, -0.15) is 5.10 Å². The fraction of sp³-hybridized carbons (Fsp3) is 0.333. The Kier molecular flexibility index (Phi) is 3.94. The highest BCUT2D eigenvalue weighted by Gasteiger charge is 2.17. The molecule has 1 N–H and O–H groups in total. The number of piperidine rings is 1. The van der Waals surface area contributed by atoms with E-state index in [9.17, 15) is 0 Å². The number of para-hydroxylation sites is 1. The van der Waals surface area contributed by atoms with Crippen molar-refractivity contribution in [3.05, 3.63) is 66.5 Å². The first-order valence-electron chi connectivity index (χ1n) is 8.21. The molecule has 4 rings (SSSR count). The fourth-order valence-electron chi connectivity index (χ4n) is 3.25. The maximum Gasteiger partial charge on any atom is 0.113 e. The molecule has 1 saturated heterocycles. The Morgan fingerprint density at radius 1 is 1.13 bits per heavy atom. The number of rotatable bonds is 4. The third-order valence-corrected chi connectivity index (χ3v) is 4.47. The van der Waals surface area contributed by atoms with E-state index in [1.807, 2.05) is 35.3 Å². The van der Waals surface area contributed by atoms with Crippen LogP contribution in [0.2, 0.25) is 0 Å².